The molecule has 0 fully saturated rings. The van der Waals surface area contributed by atoms with E-state index in [1.807, 2.05) is 0 Å². The monoisotopic (exact) mass is 1060 g/mol. The molecule has 0 bridgehead atoms. The average molecular weight is 1060 g/mol. The highest BCUT2D eigenvalue weighted by atomic mass is 15.0. The lowest BCUT2D eigenvalue weighted by atomic mass is 9.90. The van der Waals surface area contributed by atoms with E-state index in [2.05, 4.69) is 313 Å². The Balaban J connectivity index is 1.09. The molecule has 83 heavy (non-hydrogen) atoms. The molecular formula is C78H53N5. The van der Waals surface area contributed by atoms with Gasteiger partial charge in [-0.15, -0.1) is 0 Å². The first-order valence-electron chi connectivity index (χ1n) is 28.5. The maximum atomic E-state index is 5.59. The van der Waals surface area contributed by atoms with Gasteiger partial charge in [0.15, 0.2) is 5.82 Å². The van der Waals surface area contributed by atoms with Crippen molar-refractivity contribution in [3.63, 3.8) is 0 Å². The Morgan fingerprint density at radius 1 is 0.241 bits per heavy atom. The molecule has 390 valence electrons. The molecule has 0 unspecified atom stereocenters. The first-order chi connectivity index (χ1) is 41.0. The van der Waals surface area contributed by atoms with Crippen LogP contribution >= 0.6 is 0 Å². The van der Waals surface area contributed by atoms with E-state index in [4.69, 9.17) is 9.97 Å². The second kappa shape index (κ2) is 19.4. The molecule has 12 aromatic carbocycles. The van der Waals surface area contributed by atoms with E-state index in [0.717, 1.165) is 100 Å². The van der Waals surface area contributed by atoms with Gasteiger partial charge in [0.25, 0.3) is 0 Å². The predicted octanol–water partition coefficient (Wildman–Crippen LogP) is 20.4. The minimum atomic E-state index is 0.628. The van der Waals surface area contributed by atoms with Gasteiger partial charge in [0, 0.05) is 71.3 Å². The number of rotatable bonds is 9. The number of para-hydroxylation sites is 7. The van der Waals surface area contributed by atoms with Crippen LogP contribution in [0.2, 0.25) is 0 Å². The number of benzene rings is 12. The first-order valence-corrected chi connectivity index (χ1v) is 28.5. The van der Waals surface area contributed by atoms with Gasteiger partial charge < -0.3 is 13.7 Å². The first kappa shape index (κ1) is 48.1. The molecule has 0 aliphatic carbocycles. The quantitative estimate of drug-likeness (QED) is 0.145. The van der Waals surface area contributed by atoms with Crippen LogP contribution in [0.3, 0.4) is 0 Å². The molecule has 5 heteroatoms. The van der Waals surface area contributed by atoms with Gasteiger partial charge in [-0.25, -0.2) is 9.97 Å². The van der Waals surface area contributed by atoms with Gasteiger partial charge in [-0.2, -0.15) is 0 Å². The number of fused-ring (bicyclic) bond motifs is 9. The van der Waals surface area contributed by atoms with Crippen LogP contribution in [0, 0.1) is 13.8 Å². The fourth-order valence-electron chi connectivity index (χ4n) is 13.2. The molecule has 0 N–H and O–H groups in total. The number of hydrogen-bond donors (Lipinski definition) is 0. The standard InChI is InChI=1S/C78H53N5/c1-50-43-51(2)45-55(44-50)54-41-42-76-64(46-54)61-31-13-22-40-75(61)83(76)77-65(62-32-14-20-38-73(62)81-69-34-16-9-27-57(69)58-28-10-17-35-70(58)81)47-56(78-79-67(52-23-5-3-6-24-52)49-68(80-78)53-25-7-4-8-26-53)48-66(77)63-33-15-21-39-74(63)82-71-36-18-11-29-59(71)60-30-12-19-37-72(60)82/h3-49H,1-2H3. The van der Waals surface area contributed by atoms with Crippen LogP contribution in [-0.2, 0) is 0 Å². The third-order valence-electron chi connectivity index (χ3n) is 16.7. The van der Waals surface area contributed by atoms with Crippen molar-refractivity contribution in [2.24, 2.45) is 0 Å². The van der Waals surface area contributed by atoms with Crippen molar-refractivity contribution in [1.29, 1.82) is 0 Å². The van der Waals surface area contributed by atoms with Gasteiger partial charge in [0.1, 0.15) is 0 Å². The van der Waals surface area contributed by atoms with Crippen molar-refractivity contribution < 1.29 is 0 Å². The van der Waals surface area contributed by atoms with Crippen molar-refractivity contribution in [3.8, 4) is 84.3 Å². The van der Waals surface area contributed by atoms with Crippen molar-refractivity contribution in [2.45, 2.75) is 13.8 Å². The summed E-state index contributed by atoms with van der Waals surface area (Å²) < 4.78 is 7.47. The summed E-state index contributed by atoms with van der Waals surface area (Å²) in [5.74, 6) is 0.628. The van der Waals surface area contributed by atoms with Crippen molar-refractivity contribution in [1.82, 2.24) is 23.7 Å². The Labute approximate surface area is 480 Å². The molecule has 0 saturated heterocycles. The van der Waals surface area contributed by atoms with Crippen LogP contribution in [0.25, 0.3) is 150 Å². The van der Waals surface area contributed by atoms with E-state index in [1.165, 1.54) is 54.6 Å². The summed E-state index contributed by atoms with van der Waals surface area (Å²) in [5, 5.41) is 7.16. The largest absolute Gasteiger partial charge is 0.309 e. The third kappa shape index (κ3) is 7.92. The lowest BCUT2D eigenvalue weighted by Crippen LogP contribution is -2.06. The van der Waals surface area contributed by atoms with Gasteiger partial charge in [0.05, 0.1) is 61.6 Å². The summed E-state index contributed by atoms with van der Waals surface area (Å²) in [4.78, 5) is 11.2. The zero-order valence-corrected chi connectivity index (χ0v) is 45.9. The van der Waals surface area contributed by atoms with E-state index in [1.54, 1.807) is 0 Å². The van der Waals surface area contributed by atoms with E-state index >= 15 is 0 Å². The molecule has 4 aromatic heterocycles. The van der Waals surface area contributed by atoms with Gasteiger partial charge in [-0.3, -0.25) is 0 Å². The molecule has 0 radical (unpaired) electrons. The summed E-state index contributed by atoms with van der Waals surface area (Å²) >= 11 is 0. The van der Waals surface area contributed by atoms with Crippen LogP contribution < -0.4 is 0 Å². The fourth-order valence-corrected chi connectivity index (χ4v) is 13.2. The van der Waals surface area contributed by atoms with E-state index < -0.39 is 0 Å². The Bertz CT molecular complexity index is 4870. The topological polar surface area (TPSA) is 40.6 Å². The zero-order chi connectivity index (χ0) is 55.1. The lowest BCUT2D eigenvalue weighted by Gasteiger charge is -2.24. The number of hydrogen-bond acceptors (Lipinski definition) is 2. The lowest BCUT2D eigenvalue weighted by molar-refractivity contribution is 1.15. The molecule has 5 nitrogen and oxygen atoms in total. The molecule has 4 heterocycles. The van der Waals surface area contributed by atoms with Gasteiger partial charge in [-0.1, -0.05) is 223 Å². The molecule has 0 amide bonds. The van der Waals surface area contributed by atoms with Crippen LogP contribution in [-0.4, -0.2) is 23.7 Å². The van der Waals surface area contributed by atoms with Crippen LogP contribution in [0.4, 0.5) is 0 Å². The molecule has 16 rings (SSSR count). The Hall–Kier alpha value is -10.9. The molecule has 0 atom stereocenters. The minimum Gasteiger partial charge on any atom is -0.309 e. The highest BCUT2D eigenvalue weighted by Crippen LogP contribution is 2.49. The molecule has 0 aliphatic heterocycles. The Morgan fingerprint density at radius 3 is 1.07 bits per heavy atom. The fraction of sp³-hybridized carbons (Fsp3) is 0.0256. The molecule has 0 saturated carbocycles. The van der Waals surface area contributed by atoms with Crippen LogP contribution in [0.15, 0.2) is 285 Å². The number of nitrogens with zero attached hydrogens (tertiary/aromatic N) is 5. The van der Waals surface area contributed by atoms with Crippen molar-refractivity contribution in [2.75, 3.05) is 0 Å². The highest BCUT2D eigenvalue weighted by Gasteiger charge is 2.27. The summed E-state index contributed by atoms with van der Waals surface area (Å²) in [6.07, 6.45) is 0. The predicted molar refractivity (Wildman–Crippen MR) is 347 cm³/mol. The molecule has 0 aliphatic rings. The summed E-state index contributed by atoms with van der Waals surface area (Å²) in [5.41, 5.74) is 23.6. The number of aromatic nitrogens is 5. The Kier molecular flexibility index (Phi) is 11.3. The Morgan fingerprint density at radius 2 is 0.614 bits per heavy atom. The smallest absolute Gasteiger partial charge is 0.160 e. The second-order valence-electron chi connectivity index (χ2n) is 21.8. The summed E-state index contributed by atoms with van der Waals surface area (Å²) in [6, 6.07) is 104. The normalized spacial score (nSPS) is 11.7. The van der Waals surface area contributed by atoms with Gasteiger partial charge in [0.2, 0.25) is 0 Å². The average Bonchev–Trinajstić information content (AvgIpc) is 3.99. The van der Waals surface area contributed by atoms with Gasteiger partial charge in [-0.05, 0) is 97.8 Å². The zero-order valence-electron chi connectivity index (χ0n) is 45.9. The van der Waals surface area contributed by atoms with Gasteiger partial charge >= 0.3 is 0 Å². The minimum absolute atomic E-state index is 0.628. The molecule has 16 aromatic rings. The van der Waals surface area contributed by atoms with E-state index in [-0.39, 0.29) is 0 Å². The summed E-state index contributed by atoms with van der Waals surface area (Å²) in [6.45, 7) is 4.38. The molecular weight excluding hydrogens is 1010 g/mol. The van der Waals surface area contributed by atoms with Crippen LogP contribution in [0.1, 0.15) is 11.1 Å². The van der Waals surface area contributed by atoms with Crippen molar-refractivity contribution >= 4 is 65.4 Å². The second-order valence-corrected chi connectivity index (χ2v) is 21.8. The van der Waals surface area contributed by atoms with E-state index in [0.29, 0.717) is 5.82 Å². The van der Waals surface area contributed by atoms with Crippen LogP contribution in [0.5, 0.6) is 0 Å². The maximum absolute atomic E-state index is 5.59. The summed E-state index contributed by atoms with van der Waals surface area (Å²) in [7, 11) is 0. The highest BCUT2D eigenvalue weighted by molar-refractivity contribution is 6.14. The number of aryl methyl sites for hydroxylation is 2. The van der Waals surface area contributed by atoms with E-state index in [9.17, 15) is 0 Å². The molecule has 0 spiro atoms. The van der Waals surface area contributed by atoms with Crippen molar-refractivity contribution in [3.05, 3.63) is 296 Å². The maximum Gasteiger partial charge on any atom is 0.160 e. The third-order valence-corrected chi connectivity index (χ3v) is 16.7. The SMILES string of the molecule is Cc1cc(C)cc(-c2ccc3c(c2)c2ccccc2n3-c2c(-c3ccccc3-n3c4ccccc4c4ccccc43)cc(-c3nc(-c4ccccc4)cc(-c4ccccc4)n3)cc2-c2ccccc2-n2c3ccccc3c3ccccc32)c1.